The normalized spacial score (nSPS) is 10.5. The summed E-state index contributed by atoms with van der Waals surface area (Å²) in [5.74, 6) is -0.225. The number of halogens is 2. The lowest BCUT2D eigenvalue weighted by Gasteiger charge is -2.09. The van der Waals surface area contributed by atoms with Gasteiger partial charge in [-0.25, -0.2) is 14.4 Å². The van der Waals surface area contributed by atoms with Crippen molar-refractivity contribution in [2.75, 3.05) is 11.9 Å². The molecule has 1 aromatic heterocycles. The van der Waals surface area contributed by atoms with Gasteiger partial charge in [0.25, 0.3) is 5.91 Å². The van der Waals surface area contributed by atoms with E-state index in [4.69, 9.17) is 11.6 Å². The van der Waals surface area contributed by atoms with E-state index in [2.05, 4.69) is 20.6 Å². The molecule has 0 saturated carbocycles. The molecule has 1 heterocycles. The Balaban J connectivity index is 1.58. The fourth-order valence-corrected chi connectivity index (χ4v) is 2.86. The monoisotopic (exact) mass is 398 g/mol. The molecule has 0 fully saturated rings. The minimum absolute atomic E-state index is 0.278. The highest BCUT2D eigenvalue weighted by molar-refractivity contribution is 6.30. The first-order valence-corrected chi connectivity index (χ1v) is 9.24. The summed E-state index contributed by atoms with van der Waals surface area (Å²) in [6.07, 6.45) is 0.754. The molecule has 1 amide bonds. The number of aromatic nitrogens is 2. The summed E-state index contributed by atoms with van der Waals surface area (Å²) in [5.41, 5.74) is 2.87. The van der Waals surface area contributed by atoms with Gasteiger partial charge in [0.2, 0.25) is 5.95 Å². The number of nitrogens with one attached hydrogen (secondary N) is 2. The summed E-state index contributed by atoms with van der Waals surface area (Å²) in [5, 5.41) is 6.62. The number of nitrogens with zero attached hydrogens (tertiary/aromatic N) is 2. The SMILES string of the molecule is Cc1cc(C(=O)NCc2ccc(F)cc2)nc(NCCc2cccc(Cl)c2)n1. The third-order valence-corrected chi connectivity index (χ3v) is 4.27. The Kier molecular flexibility index (Phi) is 6.55. The molecule has 0 saturated heterocycles. The molecule has 3 aromatic rings. The zero-order valence-electron chi connectivity index (χ0n) is 15.4. The van der Waals surface area contributed by atoms with Gasteiger partial charge in [-0.15, -0.1) is 0 Å². The Labute approximate surface area is 168 Å². The molecular weight excluding hydrogens is 379 g/mol. The Bertz CT molecular complexity index is 963. The minimum atomic E-state index is -0.312. The van der Waals surface area contributed by atoms with E-state index in [9.17, 15) is 9.18 Å². The van der Waals surface area contributed by atoms with Gasteiger partial charge in [0, 0.05) is 23.8 Å². The molecule has 2 N–H and O–H groups in total. The average Bonchev–Trinajstić information content (AvgIpc) is 2.67. The number of benzene rings is 2. The van der Waals surface area contributed by atoms with Crippen LogP contribution in [-0.2, 0) is 13.0 Å². The Hall–Kier alpha value is -2.99. The number of aryl methyl sites for hydroxylation is 1. The standard InChI is InChI=1S/C21H20ClFN4O/c1-14-11-19(20(28)25-13-16-5-7-18(23)8-6-16)27-21(26-14)24-10-9-15-3-2-4-17(22)12-15/h2-8,11-12H,9-10,13H2,1H3,(H,25,28)(H,24,26,27). The second-order valence-corrected chi connectivity index (χ2v) is 6.77. The third-order valence-electron chi connectivity index (χ3n) is 4.04. The maximum Gasteiger partial charge on any atom is 0.270 e. The number of anilines is 1. The van der Waals surface area contributed by atoms with Gasteiger partial charge in [-0.2, -0.15) is 0 Å². The molecule has 0 radical (unpaired) electrons. The van der Waals surface area contributed by atoms with Crippen LogP contribution in [0.15, 0.2) is 54.6 Å². The Morgan fingerprint density at radius 2 is 1.86 bits per heavy atom. The molecule has 0 aliphatic carbocycles. The fourth-order valence-electron chi connectivity index (χ4n) is 2.65. The maximum absolute atomic E-state index is 13.0. The topological polar surface area (TPSA) is 66.9 Å². The minimum Gasteiger partial charge on any atom is -0.354 e. The Morgan fingerprint density at radius 1 is 1.07 bits per heavy atom. The van der Waals surface area contributed by atoms with E-state index >= 15 is 0 Å². The summed E-state index contributed by atoms with van der Waals surface area (Å²) in [7, 11) is 0. The number of carbonyl (C=O) groups is 1. The summed E-state index contributed by atoms with van der Waals surface area (Å²) in [6, 6.07) is 15.3. The number of rotatable bonds is 7. The quantitative estimate of drug-likeness (QED) is 0.627. The number of carbonyl (C=O) groups excluding carboxylic acids is 1. The number of amides is 1. The first kappa shape index (κ1) is 19.8. The third kappa shape index (κ3) is 5.76. The van der Waals surface area contributed by atoms with Crippen LogP contribution in [0.4, 0.5) is 10.3 Å². The molecular formula is C21H20ClFN4O. The van der Waals surface area contributed by atoms with Gasteiger partial charge < -0.3 is 10.6 Å². The van der Waals surface area contributed by atoms with E-state index in [1.54, 1.807) is 25.1 Å². The van der Waals surface area contributed by atoms with Crippen LogP contribution >= 0.6 is 11.6 Å². The number of hydrogen-bond acceptors (Lipinski definition) is 4. The highest BCUT2D eigenvalue weighted by Gasteiger charge is 2.10. The highest BCUT2D eigenvalue weighted by atomic mass is 35.5. The first-order valence-electron chi connectivity index (χ1n) is 8.86. The van der Waals surface area contributed by atoms with Crippen molar-refractivity contribution in [1.29, 1.82) is 0 Å². The van der Waals surface area contributed by atoms with E-state index in [-0.39, 0.29) is 17.4 Å². The van der Waals surface area contributed by atoms with Gasteiger partial charge in [-0.05, 0) is 54.8 Å². The molecule has 0 spiro atoms. The largest absolute Gasteiger partial charge is 0.354 e. The second-order valence-electron chi connectivity index (χ2n) is 6.33. The molecule has 28 heavy (non-hydrogen) atoms. The van der Waals surface area contributed by atoms with Crippen molar-refractivity contribution in [2.24, 2.45) is 0 Å². The zero-order chi connectivity index (χ0) is 19.9. The molecule has 0 unspecified atom stereocenters. The average molecular weight is 399 g/mol. The van der Waals surface area contributed by atoms with Gasteiger partial charge in [-0.3, -0.25) is 4.79 Å². The summed E-state index contributed by atoms with van der Waals surface area (Å²) < 4.78 is 13.0. The summed E-state index contributed by atoms with van der Waals surface area (Å²) in [4.78, 5) is 21.0. The molecule has 0 aliphatic heterocycles. The maximum atomic E-state index is 13.0. The zero-order valence-corrected chi connectivity index (χ0v) is 16.1. The molecule has 7 heteroatoms. The summed E-state index contributed by atoms with van der Waals surface area (Å²) in [6.45, 7) is 2.71. The molecule has 3 rings (SSSR count). The summed E-state index contributed by atoms with van der Waals surface area (Å²) >= 11 is 5.99. The molecule has 0 atom stereocenters. The van der Waals surface area contributed by atoms with E-state index in [1.807, 2.05) is 24.3 Å². The molecule has 144 valence electrons. The van der Waals surface area contributed by atoms with Crippen LogP contribution in [0.25, 0.3) is 0 Å². The van der Waals surface area contributed by atoms with Crippen molar-refractivity contribution in [1.82, 2.24) is 15.3 Å². The molecule has 0 aliphatic rings. The van der Waals surface area contributed by atoms with Crippen molar-refractivity contribution in [3.8, 4) is 0 Å². The predicted molar refractivity (Wildman–Crippen MR) is 108 cm³/mol. The smallest absolute Gasteiger partial charge is 0.270 e. The van der Waals surface area contributed by atoms with E-state index < -0.39 is 0 Å². The van der Waals surface area contributed by atoms with Crippen LogP contribution in [0.5, 0.6) is 0 Å². The van der Waals surface area contributed by atoms with Crippen LogP contribution in [0, 0.1) is 12.7 Å². The van der Waals surface area contributed by atoms with Crippen molar-refractivity contribution in [3.63, 3.8) is 0 Å². The van der Waals surface area contributed by atoms with Gasteiger partial charge in [0.05, 0.1) is 0 Å². The van der Waals surface area contributed by atoms with Crippen LogP contribution in [0.2, 0.25) is 5.02 Å². The highest BCUT2D eigenvalue weighted by Crippen LogP contribution is 2.12. The fraction of sp³-hybridized carbons (Fsp3) is 0.190. The lowest BCUT2D eigenvalue weighted by atomic mass is 10.1. The Morgan fingerprint density at radius 3 is 2.61 bits per heavy atom. The van der Waals surface area contributed by atoms with E-state index in [0.29, 0.717) is 29.8 Å². The van der Waals surface area contributed by atoms with Crippen molar-refractivity contribution in [3.05, 3.63) is 88.0 Å². The van der Waals surface area contributed by atoms with Crippen LogP contribution in [0.1, 0.15) is 27.3 Å². The van der Waals surface area contributed by atoms with Crippen molar-refractivity contribution in [2.45, 2.75) is 19.9 Å². The van der Waals surface area contributed by atoms with Crippen LogP contribution in [0.3, 0.4) is 0 Å². The van der Waals surface area contributed by atoms with Gasteiger partial charge in [0.1, 0.15) is 11.5 Å². The molecule has 2 aromatic carbocycles. The van der Waals surface area contributed by atoms with Gasteiger partial charge in [0.15, 0.2) is 0 Å². The van der Waals surface area contributed by atoms with E-state index in [1.165, 1.54) is 12.1 Å². The van der Waals surface area contributed by atoms with Crippen molar-refractivity contribution < 1.29 is 9.18 Å². The number of hydrogen-bond donors (Lipinski definition) is 2. The first-order chi connectivity index (χ1) is 13.5. The molecule has 5 nitrogen and oxygen atoms in total. The lowest BCUT2D eigenvalue weighted by molar-refractivity contribution is 0.0945. The molecule has 0 bridgehead atoms. The van der Waals surface area contributed by atoms with E-state index in [0.717, 1.165) is 17.5 Å². The van der Waals surface area contributed by atoms with Crippen LogP contribution < -0.4 is 10.6 Å². The van der Waals surface area contributed by atoms with Gasteiger partial charge in [-0.1, -0.05) is 35.9 Å². The van der Waals surface area contributed by atoms with Gasteiger partial charge >= 0.3 is 0 Å². The van der Waals surface area contributed by atoms with Crippen LogP contribution in [-0.4, -0.2) is 22.4 Å². The second kappa shape index (κ2) is 9.28. The van der Waals surface area contributed by atoms with Crippen molar-refractivity contribution >= 4 is 23.5 Å². The predicted octanol–water partition coefficient (Wildman–Crippen LogP) is 4.16. The lowest BCUT2D eigenvalue weighted by Crippen LogP contribution is -2.24.